The van der Waals surface area contributed by atoms with Crippen molar-refractivity contribution in [1.82, 2.24) is 14.4 Å². The third kappa shape index (κ3) is 3.25. The van der Waals surface area contributed by atoms with E-state index in [1.807, 2.05) is 0 Å². The molecule has 0 saturated heterocycles. The normalized spacial score (nSPS) is 11.5. The maximum atomic E-state index is 11.2. The zero-order valence-corrected chi connectivity index (χ0v) is 14.1. The van der Waals surface area contributed by atoms with Gasteiger partial charge < -0.3 is 13.7 Å². The average molecular weight is 349 g/mol. The van der Waals surface area contributed by atoms with Crippen molar-refractivity contribution >= 4 is 15.8 Å². The van der Waals surface area contributed by atoms with E-state index in [-0.39, 0.29) is 5.75 Å². The van der Waals surface area contributed by atoms with E-state index in [0.29, 0.717) is 28.5 Å². The van der Waals surface area contributed by atoms with E-state index in [2.05, 4.69) is 9.97 Å². The molecule has 1 aromatic carbocycles. The standard InChI is InChI=1S/C15H15N3O5S/c1-21-13-6-10(23-24(3,19)20)4-5-11(13)12-8-18-9-16-15(22-2)7-14(18)17-12/h4-9H,1-3H3. The van der Waals surface area contributed by atoms with Gasteiger partial charge in [-0.1, -0.05) is 0 Å². The largest absolute Gasteiger partial charge is 0.496 e. The van der Waals surface area contributed by atoms with Crippen LogP contribution in [-0.2, 0) is 10.1 Å². The molecule has 0 aliphatic heterocycles. The molecule has 0 amide bonds. The van der Waals surface area contributed by atoms with Crippen LogP contribution in [0.2, 0.25) is 0 Å². The monoisotopic (exact) mass is 349 g/mol. The zero-order valence-electron chi connectivity index (χ0n) is 13.3. The predicted molar refractivity (Wildman–Crippen MR) is 87.0 cm³/mol. The molecular formula is C15H15N3O5S. The first kappa shape index (κ1) is 16.1. The van der Waals surface area contributed by atoms with Crippen LogP contribution in [0.3, 0.4) is 0 Å². The van der Waals surface area contributed by atoms with E-state index in [1.165, 1.54) is 20.3 Å². The molecule has 0 aliphatic carbocycles. The molecule has 0 radical (unpaired) electrons. The fourth-order valence-corrected chi connectivity index (χ4v) is 2.68. The number of benzene rings is 1. The Bertz CT molecular complexity index is 998. The lowest BCUT2D eigenvalue weighted by atomic mass is 10.1. The molecule has 0 aliphatic rings. The van der Waals surface area contributed by atoms with Gasteiger partial charge >= 0.3 is 10.1 Å². The van der Waals surface area contributed by atoms with Crippen LogP contribution in [0.15, 0.2) is 36.8 Å². The number of aromatic nitrogens is 3. The topological polar surface area (TPSA) is 92.0 Å². The summed E-state index contributed by atoms with van der Waals surface area (Å²) in [5.41, 5.74) is 2.00. The number of rotatable bonds is 5. The predicted octanol–water partition coefficient (Wildman–Crippen LogP) is 1.75. The maximum absolute atomic E-state index is 11.2. The smallest absolute Gasteiger partial charge is 0.306 e. The van der Waals surface area contributed by atoms with Crippen molar-refractivity contribution in [3.8, 4) is 28.6 Å². The molecule has 3 aromatic rings. The van der Waals surface area contributed by atoms with Gasteiger partial charge in [-0.05, 0) is 12.1 Å². The SMILES string of the molecule is COc1cc2nc(-c3ccc(OS(C)(=O)=O)cc3OC)cn2cn1. The second-order valence-corrected chi connectivity index (χ2v) is 6.55. The average Bonchev–Trinajstić information content (AvgIpc) is 2.95. The zero-order chi connectivity index (χ0) is 17.3. The van der Waals surface area contributed by atoms with Gasteiger partial charge in [-0.3, -0.25) is 4.40 Å². The molecule has 126 valence electrons. The van der Waals surface area contributed by atoms with Crippen molar-refractivity contribution in [2.75, 3.05) is 20.5 Å². The lowest BCUT2D eigenvalue weighted by molar-refractivity contribution is 0.397. The van der Waals surface area contributed by atoms with E-state index < -0.39 is 10.1 Å². The summed E-state index contributed by atoms with van der Waals surface area (Å²) in [6.07, 6.45) is 4.37. The van der Waals surface area contributed by atoms with Crippen molar-refractivity contribution < 1.29 is 22.1 Å². The molecule has 24 heavy (non-hydrogen) atoms. The third-order valence-corrected chi connectivity index (χ3v) is 3.72. The van der Waals surface area contributed by atoms with E-state index in [4.69, 9.17) is 13.7 Å². The van der Waals surface area contributed by atoms with Crippen molar-refractivity contribution in [3.63, 3.8) is 0 Å². The number of fused-ring (bicyclic) bond motifs is 1. The van der Waals surface area contributed by atoms with Gasteiger partial charge in [0.25, 0.3) is 0 Å². The molecule has 8 nitrogen and oxygen atoms in total. The lowest BCUT2D eigenvalue weighted by Gasteiger charge is -2.09. The van der Waals surface area contributed by atoms with E-state index >= 15 is 0 Å². The highest BCUT2D eigenvalue weighted by atomic mass is 32.2. The number of methoxy groups -OCH3 is 2. The molecule has 0 bridgehead atoms. The van der Waals surface area contributed by atoms with Crippen LogP contribution in [-0.4, -0.2) is 43.3 Å². The maximum Gasteiger partial charge on any atom is 0.306 e. The molecule has 2 aromatic heterocycles. The van der Waals surface area contributed by atoms with Crippen molar-refractivity contribution in [1.29, 1.82) is 0 Å². The molecule has 0 atom stereocenters. The summed E-state index contributed by atoms with van der Waals surface area (Å²) >= 11 is 0. The first-order valence-electron chi connectivity index (χ1n) is 6.86. The number of hydrogen-bond donors (Lipinski definition) is 0. The second-order valence-electron chi connectivity index (χ2n) is 4.97. The van der Waals surface area contributed by atoms with Crippen molar-refractivity contribution in [2.45, 2.75) is 0 Å². The summed E-state index contributed by atoms with van der Waals surface area (Å²) in [7, 11) is -0.582. The van der Waals surface area contributed by atoms with E-state index in [9.17, 15) is 8.42 Å². The fraction of sp³-hybridized carbons (Fsp3) is 0.200. The Hall–Kier alpha value is -2.81. The fourth-order valence-electron chi connectivity index (χ4n) is 2.23. The van der Waals surface area contributed by atoms with Crippen molar-refractivity contribution in [2.24, 2.45) is 0 Å². The quantitative estimate of drug-likeness (QED) is 0.648. The van der Waals surface area contributed by atoms with Gasteiger partial charge in [-0.15, -0.1) is 0 Å². The lowest BCUT2D eigenvalue weighted by Crippen LogP contribution is -2.05. The van der Waals surface area contributed by atoms with E-state index in [1.54, 1.807) is 35.1 Å². The molecule has 0 spiro atoms. The molecular weight excluding hydrogens is 334 g/mol. The Kier molecular flexibility index (Phi) is 4.02. The van der Waals surface area contributed by atoms with Crippen LogP contribution >= 0.6 is 0 Å². The van der Waals surface area contributed by atoms with Crippen LogP contribution in [0.5, 0.6) is 17.4 Å². The highest BCUT2D eigenvalue weighted by Crippen LogP contribution is 2.33. The summed E-state index contributed by atoms with van der Waals surface area (Å²) in [6.45, 7) is 0. The van der Waals surface area contributed by atoms with Crippen LogP contribution in [0.1, 0.15) is 0 Å². The van der Waals surface area contributed by atoms with E-state index in [0.717, 1.165) is 6.26 Å². The minimum absolute atomic E-state index is 0.171. The summed E-state index contributed by atoms with van der Waals surface area (Å²) in [6, 6.07) is 6.43. The number of nitrogens with zero attached hydrogens (tertiary/aromatic N) is 3. The van der Waals surface area contributed by atoms with Crippen LogP contribution < -0.4 is 13.7 Å². The van der Waals surface area contributed by atoms with Gasteiger partial charge in [0, 0.05) is 23.9 Å². The molecule has 0 unspecified atom stereocenters. The second kappa shape index (κ2) is 6.00. The molecule has 2 heterocycles. The van der Waals surface area contributed by atoms with Gasteiger partial charge in [0.05, 0.1) is 26.2 Å². The third-order valence-electron chi connectivity index (χ3n) is 3.23. The highest BCUT2D eigenvalue weighted by molar-refractivity contribution is 7.86. The first-order valence-corrected chi connectivity index (χ1v) is 8.68. The number of ether oxygens (including phenoxy) is 2. The van der Waals surface area contributed by atoms with Crippen molar-refractivity contribution in [3.05, 3.63) is 36.8 Å². The van der Waals surface area contributed by atoms with Gasteiger partial charge in [-0.25, -0.2) is 9.97 Å². The molecule has 0 N–H and O–H groups in total. The van der Waals surface area contributed by atoms with Crippen LogP contribution in [0.4, 0.5) is 0 Å². The Morgan fingerprint density at radius 2 is 1.92 bits per heavy atom. The number of hydrogen-bond acceptors (Lipinski definition) is 7. The molecule has 0 saturated carbocycles. The Labute approximate surface area is 138 Å². The van der Waals surface area contributed by atoms with Gasteiger partial charge in [0.15, 0.2) is 0 Å². The first-order chi connectivity index (χ1) is 11.4. The van der Waals surface area contributed by atoms with Crippen LogP contribution in [0.25, 0.3) is 16.9 Å². The summed E-state index contributed by atoms with van der Waals surface area (Å²) in [5.74, 6) is 1.08. The number of imidazole rings is 1. The Balaban J connectivity index is 2.05. The van der Waals surface area contributed by atoms with Crippen LogP contribution in [0, 0.1) is 0 Å². The minimum Gasteiger partial charge on any atom is -0.496 e. The summed E-state index contributed by atoms with van der Waals surface area (Å²) < 4.78 is 39.5. The Morgan fingerprint density at radius 1 is 1.12 bits per heavy atom. The van der Waals surface area contributed by atoms with Gasteiger partial charge in [-0.2, -0.15) is 8.42 Å². The molecule has 0 fully saturated rings. The van der Waals surface area contributed by atoms with Gasteiger partial charge in [0.2, 0.25) is 5.88 Å². The van der Waals surface area contributed by atoms with Gasteiger partial charge in [0.1, 0.15) is 23.5 Å². The highest BCUT2D eigenvalue weighted by Gasteiger charge is 2.14. The molecule has 9 heteroatoms. The minimum atomic E-state index is -3.61. The summed E-state index contributed by atoms with van der Waals surface area (Å²) in [5, 5.41) is 0. The Morgan fingerprint density at radius 3 is 2.58 bits per heavy atom. The molecule has 3 rings (SSSR count). The summed E-state index contributed by atoms with van der Waals surface area (Å²) in [4.78, 5) is 8.62.